The minimum Gasteiger partial charge on any atom is -0.478 e. The molecule has 0 bridgehead atoms. The molecule has 0 saturated heterocycles. The highest BCUT2D eigenvalue weighted by molar-refractivity contribution is 5.93. The Morgan fingerprint density at radius 3 is 2.90 bits per heavy atom. The Morgan fingerprint density at radius 2 is 2.35 bits per heavy atom. The van der Waals surface area contributed by atoms with Gasteiger partial charge >= 0.3 is 5.97 Å². The number of hydrogen-bond donors (Lipinski definition) is 2. The summed E-state index contributed by atoms with van der Waals surface area (Å²) >= 11 is 0. The van der Waals surface area contributed by atoms with Crippen LogP contribution in [-0.2, 0) is 4.74 Å². The zero-order valence-electron chi connectivity index (χ0n) is 10.9. The molecule has 0 aliphatic heterocycles. The summed E-state index contributed by atoms with van der Waals surface area (Å²) in [6, 6.07) is 1.09. The van der Waals surface area contributed by atoms with Crippen LogP contribution in [0.5, 0.6) is 0 Å². The normalized spacial score (nSPS) is 21.1. The molecular weight excluding hydrogens is 266 g/mol. The number of ether oxygens (including phenoxy) is 1. The highest BCUT2D eigenvalue weighted by Gasteiger charge is 2.31. The number of aromatic nitrogens is 1. The minimum atomic E-state index is -1.25. The summed E-state index contributed by atoms with van der Waals surface area (Å²) in [5, 5.41) is 22.7. The first-order valence-corrected chi connectivity index (χ1v) is 6.27. The van der Waals surface area contributed by atoms with Gasteiger partial charge in [-0.15, -0.1) is 0 Å². The largest absolute Gasteiger partial charge is 0.478 e. The maximum absolute atomic E-state index is 11.1. The first-order valence-electron chi connectivity index (χ1n) is 6.27. The Balaban J connectivity index is 2.08. The van der Waals surface area contributed by atoms with Crippen LogP contribution in [0.4, 0.5) is 11.5 Å². The van der Waals surface area contributed by atoms with Gasteiger partial charge in [-0.2, -0.15) is 0 Å². The fourth-order valence-electron chi connectivity index (χ4n) is 2.08. The Bertz CT molecular complexity index is 528. The molecule has 108 valence electrons. The molecule has 1 aromatic heterocycles. The van der Waals surface area contributed by atoms with Crippen molar-refractivity contribution >= 4 is 17.5 Å². The lowest BCUT2D eigenvalue weighted by molar-refractivity contribution is -0.385. The molecule has 0 spiro atoms. The second kappa shape index (κ2) is 5.83. The molecule has 1 heterocycles. The number of aromatic carboxylic acids is 1. The Morgan fingerprint density at radius 1 is 1.65 bits per heavy atom. The van der Waals surface area contributed by atoms with Gasteiger partial charge in [0.05, 0.1) is 11.0 Å². The lowest BCUT2D eigenvalue weighted by Gasteiger charge is -2.35. The number of carboxylic acids is 1. The zero-order chi connectivity index (χ0) is 14.7. The first kappa shape index (κ1) is 14.2. The minimum absolute atomic E-state index is 0.0820. The van der Waals surface area contributed by atoms with Gasteiger partial charge in [-0.1, -0.05) is 0 Å². The number of anilines is 1. The van der Waals surface area contributed by atoms with Crippen molar-refractivity contribution in [2.24, 2.45) is 0 Å². The predicted molar refractivity (Wildman–Crippen MR) is 69.9 cm³/mol. The summed E-state index contributed by atoms with van der Waals surface area (Å²) < 4.78 is 5.41. The smallest absolute Gasteiger partial charge is 0.339 e. The molecular formula is C12H15N3O5. The number of pyridine rings is 1. The average molecular weight is 281 g/mol. The topological polar surface area (TPSA) is 115 Å². The van der Waals surface area contributed by atoms with Crippen LogP contribution in [-0.4, -0.2) is 39.7 Å². The highest BCUT2D eigenvalue weighted by Crippen LogP contribution is 2.28. The highest BCUT2D eigenvalue weighted by atomic mass is 16.6. The van der Waals surface area contributed by atoms with E-state index in [2.05, 4.69) is 10.3 Å². The van der Waals surface area contributed by atoms with Crippen LogP contribution in [0.15, 0.2) is 12.3 Å². The molecule has 0 amide bonds. The van der Waals surface area contributed by atoms with Crippen molar-refractivity contribution in [1.29, 1.82) is 0 Å². The molecule has 1 aliphatic rings. The van der Waals surface area contributed by atoms with Gasteiger partial charge in [-0.25, -0.2) is 9.78 Å². The quantitative estimate of drug-likeness (QED) is 0.602. The SMILES string of the molecule is CCOC1CC(Nc2ncc([N+](=O)[O-])cc2C(=O)O)C1. The van der Waals surface area contributed by atoms with Gasteiger partial charge in [0.1, 0.15) is 17.6 Å². The molecule has 8 nitrogen and oxygen atoms in total. The summed E-state index contributed by atoms with van der Waals surface area (Å²) in [5.41, 5.74) is -0.534. The van der Waals surface area contributed by atoms with Gasteiger partial charge in [0.25, 0.3) is 5.69 Å². The van der Waals surface area contributed by atoms with Crippen molar-refractivity contribution in [3.05, 3.63) is 27.9 Å². The van der Waals surface area contributed by atoms with Crippen molar-refractivity contribution in [2.75, 3.05) is 11.9 Å². The van der Waals surface area contributed by atoms with Crippen molar-refractivity contribution in [2.45, 2.75) is 31.9 Å². The standard InChI is InChI=1S/C12H15N3O5/c1-2-20-9-3-7(4-9)14-11-10(12(16)17)5-8(6-13-11)15(18)19/h5-7,9H,2-4H2,1H3,(H,13,14)(H,16,17). The maximum atomic E-state index is 11.1. The van der Waals surface area contributed by atoms with E-state index in [-0.39, 0.29) is 29.2 Å². The maximum Gasteiger partial charge on any atom is 0.339 e. The summed E-state index contributed by atoms with van der Waals surface area (Å²) in [6.45, 7) is 2.56. The zero-order valence-corrected chi connectivity index (χ0v) is 10.9. The molecule has 0 unspecified atom stereocenters. The van der Waals surface area contributed by atoms with Crippen LogP contribution in [0, 0.1) is 10.1 Å². The molecule has 1 aliphatic carbocycles. The third-order valence-corrected chi connectivity index (χ3v) is 3.15. The fourth-order valence-corrected chi connectivity index (χ4v) is 2.08. The number of nitrogens with zero attached hydrogens (tertiary/aromatic N) is 2. The van der Waals surface area contributed by atoms with E-state index in [4.69, 9.17) is 9.84 Å². The molecule has 2 N–H and O–H groups in total. The van der Waals surface area contributed by atoms with Gasteiger partial charge in [0.2, 0.25) is 0 Å². The lowest BCUT2D eigenvalue weighted by Crippen LogP contribution is -2.41. The second-order valence-electron chi connectivity index (χ2n) is 4.54. The molecule has 0 atom stereocenters. The van der Waals surface area contributed by atoms with E-state index < -0.39 is 10.9 Å². The van der Waals surface area contributed by atoms with E-state index in [9.17, 15) is 14.9 Å². The monoisotopic (exact) mass is 281 g/mol. The molecule has 1 aromatic rings. The van der Waals surface area contributed by atoms with Gasteiger partial charge < -0.3 is 15.2 Å². The summed E-state index contributed by atoms with van der Waals surface area (Å²) in [7, 11) is 0. The van der Waals surface area contributed by atoms with Crippen molar-refractivity contribution < 1.29 is 19.6 Å². The van der Waals surface area contributed by atoms with E-state index in [0.29, 0.717) is 6.61 Å². The lowest BCUT2D eigenvalue weighted by atomic mass is 9.89. The third kappa shape index (κ3) is 3.02. The molecule has 1 saturated carbocycles. The Kier molecular flexibility index (Phi) is 4.14. The van der Waals surface area contributed by atoms with Gasteiger partial charge in [0, 0.05) is 18.7 Å². The van der Waals surface area contributed by atoms with E-state index in [1.807, 2.05) is 6.92 Å². The average Bonchev–Trinajstić information content (AvgIpc) is 2.36. The number of hydrogen-bond acceptors (Lipinski definition) is 6. The summed E-state index contributed by atoms with van der Waals surface area (Å²) in [5.74, 6) is -1.09. The van der Waals surface area contributed by atoms with Crippen molar-refractivity contribution in [1.82, 2.24) is 4.98 Å². The van der Waals surface area contributed by atoms with Crippen molar-refractivity contribution in [3.63, 3.8) is 0 Å². The van der Waals surface area contributed by atoms with E-state index in [1.54, 1.807) is 0 Å². The summed E-state index contributed by atoms with van der Waals surface area (Å²) in [6.07, 6.45) is 2.77. The van der Waals surface area contributed by atoms with Crippen LogP contribution in [0.25, 0.3) is 0 Å². The molecule has 1 fully saturated rings. The van der Waals surface area contributed by atoms with Gasteiger partial charge in [-0.05, 0) is 19.8 Å². The van der Waals surface area contributed by atoms with Crippen LogP contribution >= 0.6 is 0 Å². The summed E-state index contributed by atoms with van der Waals surface area (Å²) in [4.78, 5) is 24.9. The number of carboxylic acid groups (broad SMARTS) is 1. The van der Waals surface area contributed by atoms with Crippen LogP contribution in [0.2, 0.25) is 0 Å². The Labute approximate surface area is 114 Å². The predicted octanol–water partition coefficient (Wildman–Crippen LogP) is 1.67. The van der Waals surface area contributed by atoms with Crippen molar-refractivity contribution in [3.8, 4) is 0 Å². The third-order valence-electron chi connectivity index (χ3n) is 3.15. The molecule has 2 rings (SSSR count). The van der Waals surface area contributed by atoms with E-state index in [0.717, 1.165) is 25.1 Å². The fraction of sp³-hybridized carbons (Fsp3) is 0.500. The van der Waals surface area contributed by atoms with E-state index >= 15 is 0 Å². The number of nitro groups is 1. The van der Waals surface area contributed by atoms with E-state index in [1.165, 1.54) is 0 Å². The van der Waals surface area contributed by atoms with Crippen LogP contribution in [0.3, 0.4) is 0 Å². The van der Waals surface area contributed by atoms with Crippen LogP contribution in [0.1, 0.15) is 30.1 Å². The number of rotatable bonds is 6. The molecule has 20 heavy (non-hydrogen) atoms. The number of nitrogens with one attached hydrogen (secondary N) is 1. The molecule has 0 aromatic carbocycles. The first-order chi connectivity index (χ1) is 9.51. The molecule has 8 heteroatoms. The van der Waals surface area contributed by atoms with Crippen LogP contribution < -0.4 is 5.32 Å². The number of carbonyl (C=O) groups is 1. The van der Waals surface area contributed by atoms with Gasteiger partial charge in [-0.3, -0.25) is 10.1 Å². The second-order valence-corrected chi connectivity index (χ2v) is 4.54. The Hall–Kier alpha value is -2.22. The van der Waals surface area contributed by atoms with Gasteiger partial charge in [0.15, 0.2) is 0 Å². The molecule has 0 radical (unpaired) electrons.